The number of nitrogens with zero attached hydrogens (tertiary/aromatic N) is 2. The number of benzene rings is 2. The average Bonchev–Trinajstić information content (AvgIpc) is 3.08. The number of carbonyl (C=O) groups excluding carboxylic acids is 1. The number of anilines is 1. The fraction of sp³-hybridized carbons (Fsp3) is 0.250. The number of nitrogens with one attached hydrogen (secondary N) is 1. The number of aromatic nitrogens is 2. The summed E-state index contributed by atoms with van der Waals surface area (Å²) in [6.07, 6.45) is -0.768. The van der Waals surface area contributed by atoms with Crippen LogP contribution in [0.4, 0.5) is 5.69 Å². The molecule has 0 amide bonds. The highest BCUT2D eigenvalue weighted by Crippen LogP contribution is 2.23. The zero-order valence-corrected chi connectivity index (χ0v) is 17.3. The van der Waals surface area contributed by atoms with E-state index in [1.807, 2.05) is 13.0 Å². The summed E-state index contributed by atoms with van der Waals surface area (Å²) in [4.78, 5) is 16.5. The Morgan fingerprint density at radius 1 is 1.14 bits per heavy atom. The fourth-order valence-electron chi connectivity index (χ4n) is 2.69. The molecule has 9 heteroatoms. The highest BCUT2D eigenvalue weighted by Gasteiger charge is 2.23. The first-order valence-electron chi connectivity index (χ1n) is 8.87. The number of carbonyl (C=O) groups is 1. The molecule has 1 heterocycles. The summed E-state index contributed by atoms with van der Waals surface area (Å²) in [5, 5.41) is 3.66. The molecule has 8 nitrogen and oxygen atoms in total. The molecule has 0 aliphatic heterocycles. The first kappa shape index (κ1) is 20.5. The van der Waals surface area contributed by atoms with Gasteiger partial charge in [-0.25, -0.2) is 13.2 Å². The van der Waals surface area contributed by atoms with Gasteiger partial charge in [-0.05, 0) is 63.1 Å². The van der Waals surface area contributed by atoms with Gasteiger partial charge < -0.3 is 9.26 Å². The Kier molecular flexibility index (Phi) is 5.69. The van der Waals surface area contributed by atoms with E-state index in [9.17, 15) is 13.2 Å². The molecule has 3 aromatic rings. The number of esters is 1. The van der Waals surface area contributed by atoms with Gasteiger partial charge in [0, 0.05) is 5.69 Å². The molecule has 0 aliphatic carbocycles. The van der Waals surface area contributed by atoms with Gasteiger partial charge in [0.15, 0.2) is 11.9 Å². The molecule has 1 aromatic heterocycles. The van der Waals surface area contributed by atoms with Crippen molar-refractivity contribution in [1.29, 1.82) is 0 Å². The monoisotopic (exact) mass is 415 g/mol. The molecule has 0 aliphatic rings. The highest BCUT2D eigenvalue weighted by atomic mass is 32.2. The van der Waals surface area contributed by atoms with E-state index in [0.29, 0.717) is 17.1 Å². The van der Waals surface area contributed by atoms with Crippen LogP contribution in [0.1, 0.15) is 46.2 Å². The molecular formula is C20H21N3O5S. The summed E-state index contributed by atoms with van der Waals surface area (Å²) in [6, 6.07) is 11.4. The Morgan fingerprint density at radius 3 is 2.55 bits per heavy atom. The lowest BCUT2D eigenvalue weighted by Gasteiger charge is -2.13. The molecule has 152 valence electrons. The van der Waals surface area contributed by atoms with E-state index < -0.39 is 22.1 Å². The maximum Gasteiger partial charge on any atom is 0.338 e. The van der Waals surface area contributed by atoms with E-state index in [2.05, 4.69) is 14.9 Å². The first-order valence-corrected chi connectivity index (χ1v) is 10.4. The normalized spacial score (nSPS) is 12.4. The zero-order valence-electron chi connectivity index (χ0n) is 16.5. The molecule has 0 saturated heterocycles. The molecule has 0 fully saturated rings. The van der Waals surface area contributed by atoms with Gasteiger partial charge in [-0.2, -0.15) is 4.98 Å². The fourth-order valence-corrected chi connectivity index (χ4v) is 4.01. The van der Waals surface area contributed by atoms with Crippen LogP contribution in [0.2, 0.25) is 0 Å². The van der Waals surface area contributed by atoms with E-state index in [-0.39, 0.29) is 16.3 Å². The predicted octanol–water partition coefficient (Wildman–Crippen LogP) is 3.71. The molecule has 1 unspecified atom stereocenters. The van der Waals surface area contributed by atoms with E-state index in [1.165, 1.54) is 12.1 Å². The van der Waals surface area contributed by atoms with Crippen LogP contribution in [0, 0.1) is 20.8 Å². The van der Waals surface area contributed by atoms with Gasteiger partial charge in [-0.15, -0.1) is 0 Å². The maximum atomic E-state index is 12.9. The van der Waals surface area contributed by atoms with Crippen LogP contribution >= 0.6 is 0 Å². The van der Waals surface area contributed by atoms with Crippen LogP contribution in [0.5, 0.6) is 0 Å². The molecule has 0 radical (unpaired) electrons. The van der Waals surface area contributed by atoms with E-state index in [0.717, 1.165) is 5.56 Å². The second-order valence-corrected chi connectivity index (χ2v) is 8.33. The summed E-state index contributed by atoms with van der Waals surface area (Å²) in [5.41, 5.74) is 1.97. The molecule has 2 aromatic carbocycles. The van der Waals surface area contributed by atoms with Gasteiger partial charge in [-0.3, -0.25) is 4.72 Å². The SMILES string of the molecule is Cc1cccc(NS(=O)(=O)c2cc(C(=O)OC(C)c3nc(C)no3)ccc2C)c1. The first-order chi connectivity index (χ1) is 13.7. The molecular weight excluding hydrogens is 394 g/mol. The molecule has 0 saturated carbocycles. The minimum absolute atomic E-state index is 0.00487. The van der Waals surface area contributed by atoms with E-state index >= 15 is 0 Å². The summed E-state index contributed by atoms with van der Waals surface area (Å²) in [7, 11) is -3.89. The Morgan fingerprint density at radius 2 is 1.90 bits per heavy atom. The number of aryl methyl sites for hydroxylation is 3. The highest BCUT2D eigenvalue weighted by molar-refractivity contribution is 7.92. The van der Waals surface area contributed by atoms with Crippen LogP contribution in [0.3, 0.4) is 0 Å². The smallest absolute Gasteiger partial charge is 0.338 e. The number of hydrogen-bond acceptors (Lipinski definition) is 7. The predicted molar refractivity (Wildman–Crippen MR) is 106 cm³/mol. The molecule has 29 heavy (non-hydrogen) atoms. The summed E-state index contributed by atoms with van der Waals surface area (Å²) < 4.78 is 38.6. The second kappa shape index (κ2) is 8.04. The number of ether oxygens (including phenoxy) is 1. The summed E-state index contributed by atoms with van der Waals surface area (Å²) >= 11 is 0. The van der Waals surface area contributed by atoms with Crippen molar-refractivity contribution in [2.75, 3.05) is 4.72 Å². The van der Waals surface area contributed by atoms with Crippen molar-refractivity contribution < 1.29 is 22.5 Å². The van der Waals surface area contributed by atoms with Gasteiger partial charge in [0.25, 0.3) is 15.9 Å². The van der Waals surface area contributed by atoms with E-state index in [1.54, 1.807) is 45.0 Å². The lowest BCUT2D eigenvalue weighted by Crippen LogP contribution is -2.16. The minimum atomic E-state index is -3.89. The van der Waals surface area contributed by atoms with Crippen LogP contribution in [-0.2, 0) is 14.8 Å². The van der Waals surface area contributed by atoms with Crippen molar-refractivity contribution in [2.45, 2.75) is 38.7 Å². The van der Waals surface area contributed by atoms with E-state index in [4.69, 9.17) is 9.26 Å². The lowest BCUT2D eigenvalue weighted by atomic mass is 10.1. The van der Waals surface area contributed by atoms with Gasteiger partial charge in [-0.1, -0.05) is 23.4 Å². The maximum absolute atomic E-state index is 12.9. The van der Waals surface area contributed by atoms with Crippen LogP contribution in [0.15, 0.2) is 51.9 Å². The lowest BCUT2D eigenvalue weighted by molar-refractivity contribution is 0.0265. The summed E-state index contributed by atoms with van der Waals surface area (Å²) in [6.45, 7) is 6.77. The van der Waals surface area contributed by atoms with Crippen LogP contribution in [0.25, 0.3) is 0 Å². The van der Waals surface area contributed by atoms with Gasteiger partial charge in [0.1, 0.15) is 0 Å². The Balaban J connectivity index is 1.84. The minimum Gasteiger partial charge on any atom is -0.449 e. The molecule has 3 rings (SSSR count). The molecule has 1 atom stereocenters. The molecule has 0 bridgehead atoms. The van der Waals surface area contributed by atoms with Crippen molar-refractivity contribution in [2.24, 2.45) is 0 Å². The van der Waals surface area contributed by atoms with Crippen molar-refractivity contribution in [3.8, 4) is 0 Å². The topological polar surface area (TPSA) is 111 Å². The third kappa shape index (κ3) is 4.80. The van der Waals surface area contributed by atoms with Crippen LogP contribution in [-0.4, -0.2) is 24.5 Å². The van der Waals surface area contributed by atoms with Gasteiger partial charge in [0.2, 0.25) is 0 Å². The van der Waals surface area contributed by atoms with Gasteiger partial charge >= 0.3 is 5.97 Å². The number of hydrogen-bond donors (Lipinski definition) is 1. The standard InChI is InChI=1S/C20H21N3O5S/c1-12-6-5-7-17(10-12)23-29(25,26)18-11-16(9-8-13(18)2)20(24)27-14(3)19-21-15(4)22-28-19/h5-11,14,23H,1-4H3. The van der Waals surface area contributed by atoms with Crippen molar-refractivity contribution >= 4 is 21.7 Å². The van der Waals surface area contributed by atoms with Gasteiger partial charge in [0.05, 0.1) is 10.5 Å². The quantitative estimate of drug-likeness (QED) is 0.611. The molecule has 1 N–H and O–H groups in total. The Hall–Kier alpha value is -3.20. The largest absolute Gasteiger partial charge is 0.449 e. The van der Waals surface area contributed by atoms with Crippen molar-refractivity contribution in [1.82, 2.24) is 10.1 Å². The number of sulfonamides is 1. The Bertz CT molecular complexity index is 1150. The summed E-state index contributed by atoms with van der Waals surface area (Å²) in [5.74, 6) is -0.105. The number of rotatable bonds is 6. The average molecular weight is 415 g/mol. The zero-order chi connectivity index (χ0) is 21.2. The Labute approximate surface area is 169 Å². The third-order valence-corrected chi connectivity index (χ3v) is 5.68. The third-order valence-electron chi connectivity index (χ3n) is 4.16. The van der Waals surface area contributed by atoms with Crippen molar-refractivity contribution in [3.05, 3.63) is 70.9 Å². The molecule has 0 spiro atoms. The second-order valence-electron chi connectivity index (χ2n) is 6.68. The van der Waals surface area contributed by atoms with Crippen molar-refractivity contribution in [3.63, 3.8) is 0 Å². The van der Waals surface area contributed by atoms with Crippen LogP contribution < -0.4 is 4.72 Å².